The summed E-state index contributed by atoms with van der Waals surface area (Å²) in [5.74, 6) is 0.299. The molecule has 4 rings (SSSR count). The average Bonchev–Trinajstić information content (AvgIpc) is 3.42. The molecule has 0 bridgehead atoms. The van der Waals surface area contributed by atoms with Gasteiger partial charge in [0, 0.05) is 56.9 Å². The van der Waals surface area contributed by atoms with Crippen LogP contribution < -0.4 is 4.90 Å². The predicted octanol–water partition coefficient (Wildman–Crippen LogP) is 0.850. The van der Waals surface area contributed by atoms with Crippen LogP contribution in [-0.2, 0) is 19.4 Å². The molecule has 0 aromatic carbocycles. The van der Waals surface area contributed by atoms with E-state index in [1.165, 1.54) is 0 Å². The van der Waals surface area contributed by atoms with Crippen molar-refractivity contribution in [2.45, 2.75) is 37.8 Å². The molecule has 10 heteroatoms. The van der Waals surface area contributed by atoms with Gasteiger partial charge < -0.3 is 14.5 Å². The van der Waals surface area contributed by atoms with Crippen LogP contribution in [-0.4, -0.2) is 98.6 Å². The minimum atomic E-state index is -3.04. The Morgan fingerprint density at radius 1 is 1.24 bits per heavy atom. The zero-order valence-corrected chi connectivity index (χ0v) is 18.4. The molecule has 2 atom stereocenters. The van der Waals surface area contributed by atoms with Crippen molar-refractivity contribution in [3.63, 3.8) is 0 Å². The van der Waals surface area contributed by atoms with Gasteiger partial charge in [-0.1, -0.05) is 0 Å². The lowest BCUT2D eigenvalue weighted by Crippen LogP contribution is -2.49. The lowest BCUT2D eigenvalue weighted by atomic mass is 10.1. The van der Waals surface area contributed by atoms with Crippen molar-refractivity contribution >= 4 is 32.2 Å². The number of carbonyl (C=O) groups is 1. The number of nitrogens with zero attached hydrogens (tertiary/aromatic N) is 4. The second-order valence-corrected chi connectivity index (χ2v) is 11.3. The first-order valence-electron chi connectivity index (χ1n) is 10.5. The van der Waals surface area contributed by atoms with E-state index in [1.807, 2.05) is 16.5 Å². The lowest BCUT2D eigenvalue weighted by Gasteiger charge is -2.32. The van der Waals surface area contributed by atoms with Crippen LogP contribution in [0.4, 0.5) is 5.13 Å². The molecule has 162 valence electrons. The summed E-state index contributed by atoms with van der Waals surface area (Å²) in [7, 11) is -3.04. The van der Waals surface area contributed by atoms with Crippen LogP contribution in [0.25, 0.3) is 0 Å². The average molecular weight is 443 g/mol. The monoisotopic (exact) mass is 442 g/mol. The van der Waals surface area contributed by atoms with Crippen molar-refractivity contribution in [3.8, 4) is 0 Å². The van der Waals surface area contributed by atoms with Crippen LogP contribution >= 0.6 is 11.3 Å². The summed E-state index contributed by atoms with van der Waals surface area (Å²) >= 11 is 1.64. The van der Waals surface area contributed by atoms with Gasteiger partial charge in [-0.2, -0.15) is 0 Å². The predicted molar refractivity (Wildman–Crippen MR) is 113 cm³/mol. The quantitative estimate of drug-likeness (QED) is 0.646. The topological polar surface area (TPSA) is 83.1 Å². The Morgan fingerprint density at radius 3 is 2.83 bits per heavy atom. The number of ether oxygens (including phenoxy) is 1. The van der Waals surface area contributed by atoms with E-state index in [2.05, 4.69) is 14.8 Å². The molecule has 1 aromatic rings. The van der Waals surface area contributed by atoms with Crippen molar-refractivity contribution in [2.24, 2.45) is 0 Å². The van der Waals surface area contributed by atoms with E-state index in [1.54, 1.807) is 11.3 Å². The van der Waals surface area contributed by atoms with E-state index in [-0.39, 0.29) is 29.6 Å². The van der Waals surface area contributed by atoms with Gasteiger partial charge in [-0.05, 0) is 25.7 Å². The summed E-state index contributed by atoms with van der Waals surface area (Å²) in [6, 6.07) is -0.213. The van der Waals surface area contributed by atoms with Crippen molar-refractivity contribution in [1.82, 2.24) is 14.8 Å². The van der Waals surface area contributed by atoms with Crippen LogP contribution in [0.5, 0.6) is 0 Å². The fourth-order valence-electron chi connectivity index (χ4n) is 4.46. The van der Waals surface area contributed by atoms with E-state index in [0.29, 0.717) is 19.5 Å². The fraction of sp³-hybridized carbons (Fsp3) is 0.789. The highest BCUT2D eigenvalue weighted by atomic mass is 32.2. The van der Waals surface area contributed by atoms with Gasteiger partial charge in [-0.25, -0.2) is 13.4 Å². The first kappa shape index (κ1) is 21.0. The Bertz CT molecular complexity index is 780. The van der Waals surface area contributed by atoms with E-state index in [4.69, 9.17) is 4.74 Å². The highest BCUT2D eigenvalue weighted by Gasteiger charge is 2.36. The Kier molecular flexibility index (Phi) is 6.73. The first-order valence-corrected chi connectivity index (χ1v) is 13.2. The molecule has 0 N–H and O–H groups in total. The fourth-order valence-corrected chi connectivity index (χ4v) is 6.89. The van der Waals surface area contributed by atoms with Gasteiger partial charge in [0.05, 0.1) is 24.2 Å². The molecule has 3 aliphatic heterocycles. The minimum Gasteiger partial charge on any atom is -0.376 e. The molecule has 8 nitrogen and oxygen atoms in total. The van der Waals surface area contributed by atoms with Gasteiger partial charge in [0.1, 0.15) is 0 Å². The summed E-state index contributed by atoms with van der Waals surface area (Å²) in [5.41, 5.74) is 0. The number of hydrogen-bond donors (Lipinski definition) is 0. The molecule has 0 aliphatic carbocycles. The highest BCUT2D eigenvalue weighted by molar-refractivity contribution is 7.91. The number of rotatable bonds is 6. The van der Waals surface area contributed by atoms with Gasteiger partial charge in [-0.15, -0.1) is 11.3 Å². The molecule has 1 amide bonds. The molecule has 0 radical (unpaired) electrons. The van der Waals surface area contributed by atoms with E-state index in [9.17, 15) is 13.2 Å². The second-order valence-electron chi connectivity index (χ2n) is 8.17. The van der Waals surface area contributed by atoms with Crippen LogP contribution in [0.2, 0.25) is 0 Å². The van der Waals surface area contributed by atoms with E-state index in [0.717, 1.165) is 57.2 Å². The molecule has 0 spiro atoms. The summed E-state index contributed by atoms with van der Waals surface area (Å²) in [5, 5.41) is 3.02. The summed E-state index contributed by atoms with van der Waals surface area (Å²) in [6.45, 7) is 5.05. The summed E-state index contributed by atoms with van der Waals surface area (Å²) in [6.07, 6.45) is 5.33. The van der Waals surface area contributed by atoms with Gasteiger partial charge in [0.2, 0.25) is 5.91 Å². The number of carbonyl (C=O) groups excluding carboxylic acids is 1. The van der Waals surface area contributed by atoms with Crippen molar-refractivity contribution < 1.29 is 17.9 Å². The van der Waals surface area contributed by atoms with Crippen LogP contribution in [0, 0.1) is 0 Å². The Hall–Kier alpha value is -1.23. The molecule has 29 heavy (non-hydrogen) atoms. The number of sulfone groups is 1. The molecule has 0 saturated carbocycles. The van der Waals surface area contributed by atoms with Gasteiger partial charge in [0.15, 0.2) is 15.0 Å². The zero-order valence-electron chi connectivity index (χ0n) is 16.7. The third-order valence-electron chi connectivity index (χ3n) is 6.03. The molecular weight excluding hydrogens is 412 g/mol. The smallest absolute Gasteiger partial charge is 0.237 e. The molecular formula is C19H30N4O4S2. The van der Waals surface area contributed by atoms with Gasteiger partial charge >= 0.3 is 0 Å². The number of thiazole rings is 1. The van der Waals surface area contributed by atoms with Crippen molar-refractivity contribution in [1.29, 1.82) is 0 Å². The third kappa shape index (κ3) is 5.48. The van der Waals surface area contributed by atoms with Crippen LogP contribution in [0.3, 0.4) is 0 Å². The maximum atomic E-state index is 13.2. The van der Waals surface area contributed by atoms with Crippen LogP contribution in [0.1, 0.15) is 25.7 Å². The maximum Gasteiger partial charge on any atom is 0.237 e. The highest BCUT2D eigenvalue weighted by Crippen LogP contribution is 2.23. The SMILES string of the molecule is O=C(CN1CCCN(c2nccs2)CC1)N(CC1CCCO1)C1CCS(=O)(=O)C1. The third-order valence-corrected chi connectivity index (χ3v) is 8.61. The standard InChI is InChI=1S/C19H30N4O4S2/c24-18(14-21-6-2-7-22(9-8-21)19-20-5-11-28-19)23(13-17-3-1-10-27-17)16-4-12-29(25,26)15-16/h5,11,16-17H,1-4,6-10,12-15H2. The first-order chi connectivity index (χ1) is 14.0. The minimum absolute atomic E-state index is 0.0327. The number of amides is 1. The zero-order chi connectivity index (χ0) is 20.3. The molecule has 3 aliphatic rings. The Labute approximate surface area is 176 Å². The molecule has 3 fully saturated rings. The maximum absolute atomic E-state index is 13.2. The summed E-state index contributed by atoms with van der Waals surface area (Å²) < 4.78 is 29.7. The van der Waals surface area contributed by atoms with Crippen LogP contribution in [0.15, 0.2) is 11.6 Å². The lowest BCUT2D eigenvalue weighted by molar-refractivity contribution is -0.136. The summed E-state index contributed by atoms with van der Waals surface area (Å²) in [4.78, 5) is 23.9. The molecule has 2 unspecified atom stereocenters. The molecule has 4 heterocycles. The Balaban J connectivity index is 1.37. The normalized spacial score (nSPS) is 27.8. The van der Waals surface area contributed by atoms with Gasteiger partial charge in [-0.3, -0.25) is 9.69 Å². The second kappa shape index (κ2) is 9.28. The number of hydrogen-bond acceptors (Lipinski definition) is 8. The molecule has 1 aromatic heterocycles. The largest absolute Gasteiger partial charge is 0.376 e. The van der Waals surface area contributed by atoms with E-state index < -0.39 is 9.84 Å². The van der Waals surface area contributed by atoms with Crippen molar-refractivity contribution in [2.75, 3.05) is 62.3 Å². The number of anilines is 1. The molecule has 3 saturated heterocycles. The Morgan fingerprint density at radius 2 is 2.14 bits per heavy atom. The van der Waals surface area contributed by atoms with E-state index >= 15 is 0 Å². The van der Waals surface area contributed by atoms with Gasteiger partial charge in [0.25, 0.3) is 0 Å². The van der Waals surface area contributed by atoms with Crippen molar-refractivity contribution in [3.05, 3.63) is 11.6 Å². The number of aromatic nitrogens is 1.